The van der Waals surface area contributed by atoms with Gasteiger partial charge in [0.1, 0.15) is 0 Å². The first-order valence-corrected chi connectivity index (χ1v) is 7.38. The largest absolute Gasteiger partial charge is 0.354 e. The molecular weight excluding hydrogens is 310 g/mol. The molecule has 20 heavy (non-hydrogen) atoms. The van der Waals surface area contributed by atoms with Gasteiger partial charge < -0.3 is 4.98 Å². The van der Waals surface area contributed by atoms with Gasteiger partial charge in [0.05, 0.1) is 5.52 Å². The SMILES string of the molecule is Brc1ccc2c([nH]c3ccccc32)c1-c1ccccc1. The fourth-order valence-electron chi connectivity index (χ4n) is 2.78. The van der Waals surface area contributed by atoms with Crippen molar-refractivity contribution in [2.24, 2.45) is 0 Å². The molecular formula is C18H12BrN. The van der Waals surface area contributed by atoms with E-state index >= 15 is 0 Å². The van der Waals surface area contributed by atoms with Crippen LogP contribution in [0.15, 0.2) is 71.2 Å². The molecule has 3 aromatic carbocycles. The summed E-state index contributed by atoms with van der Waals surface area (Å²) in [5, 5.41) is 2.54. The molecule has 4 rings (SSSR count). The maximum absolute atomic E-state index is 3.69. The van der Waals surface area contributed by atoms with E-state index < -0.39 is 0 Å². The molecule has 1 nitrogen and oxygen atoms in total. The first-order chi connectivity index (χ1) is 9.84. The maximum atomic E-state index is 3.69. The first-order valence-electron chi connectivity index (χ1n) is 6.59. The summed E-state index contributed by atoms with van der Waals surface area (Å²) >= 11 is 3.69. The average molecular weight is 322 g/mol. The third-order valence-electron chi connectivity index (χ3n) is 3.69. The van der Waals surface area contributed by atoms with E-state index in [1.807, 2.05) is 6.07 Å². The van der Waals surface area contributed by atoms with Gasteiger partial charge >= 0.3 is 0 Å². The molecule has 0 aliphatic carbocycles. The number of fused-ring (bicyclic) bond motifs is 3. The number of benzene rings is 3. The molecule has 4 aromatic rings. The van der Waals surface area contributed by atoms with Gasteiger partial charge in [0.25, 0.3) is 0 Å². The molecule has 0 bridgehead atoms. The van der Waals surface area contributed by atoms with E-state index in [2.05, 4.69) is 81.6 Å². The highest BCUT2D eigenvalue weighted by atomic mass is 79.9. The van der Waals surface area contributed by atoms with Crippen LogP contribution in [0.25, 0.3) is 32.9 Å². The molecule has 0 saturated carbocycles. The zero-order chi connectivity index (χ0) is 13.5. The lowest BCUT2D eigenvalue weighted by Gasteiger charge is -2.06. The van der Waals surface area contributed by atoms with Gasteiger partial charge in [0.15, 0.2) is 0 Å². The molecule has 1 N–H and O–H groups in total. The molecule has 2 heteroatoms. The highest BCUT2D eigenvalue weighted by Crippen LogP contribution is 2.37. The standard InChI is InChI=1S/C18H12BrN/c19-15-11-10-14-13-8-4-5-9-16(13)20-18(14)17(15)12-6-2-1-3-7-12/h1-11,20H. The van der Waals surface area contributed by atoms with Crippen LogP contribution in [0, 0.1) is 0 Å². The zero-order valence-electron chi connectivity index (χ0n) is 10.7. The monoisotopic (exact) mass is 321 g/mol. The van der Waals surface area contributed by atoms with Gasteiger partial charge in [0.2, 0.25) is 0 Å². The number of para-hydroxylation sites is 1. The summed E-state index contributed by atoms with van der Waals surface area (Å²) < 4.78 is 1.11. The predicted molar refractivity (Wildman–Crippen MR) is 88.9 cm³/mol. The quantitative estimate of drug-likeness (QED) is 0.459. The third-order valence-corrected chi connectivity index (χ3v) is 4.35. The van der Waals surface area contributed by atoms with E-state index in [9.17, 15) is 0 Å². The van der Waals surface area contributed by atoms with E-state index in [0.717, 1.165) is 4.47 Å². The Labute approximate surface area is 125 Å². The summed E-state index contributed by atoms with van der Waals surface area (Å²) in [6.07, 6.45) is 0. The Hall–Kier alpha value is -2.06. The van der Waals surface area contributed by atoms with Crippen LogP contribution >= 0.6 is 15.9 Å². The van der Waals surface area contributed by atoms with Crippen molar-refractivity contribution in [1.29, 1.82) is 0 Å². The normalized spacial score (nSPS) is 11.2. The summed E-state index contributed by atoms with van der Waals surface area (Å²) in [6.45, 7) is 0. The van der Waals surface area contributed by atoms with Crippen LogP contribution in [0.2, 0.25) is 0 Å². The molecule has 96 valence electrons. The van der Waals surface area contributed by atoms with Crippen LogP contribution in [0.4, 0.5) is 0 Å². The van der Waals surface area contributed by atoms with E-state index in [-0.39, 0.29) is 0 Å². The average Bonchev–Trinajstić information content (AvgIpc) is 2.86. The molecule has 1 heterocycles. The second kappa shape index (κ2) is 4.50. The van der Waals surface area contributed by atoms with Crippen LogP contribution in [0.5, 0.6) is 0 Å². The molecule has 0 radical (unpaired) electrons. The molecule has 0 spiro atoms. The zero-order valence-corrected chi connectivity index (χ0v) is 12.3. The summed E-state index contributed by atoms with van der Waals surface area (Å²) in [4.78, 5) is 3.56. The van der Waals surface area contributed by atoms with Gasteiger partial charge in [-0.3, -0.25) is 0 Å². The Bertz CT molecular complexity index is 907. The smallest absolute Gasteiger partial charge is 0.0555 e. The highest BCUT2D eigenvalue weighted by molar-refractivity contribution is 9.10. The predicted octanol–water partition coefficient (Wildman–Crippen LogP) is 5.75. The Balaban J connectivity index is 2.17. The number of aromatic amines is 1. The number of hydrogen-bond donors (Lipinski definition) is 1. The molecule has 0 amide bonds. The van der Waals surface area contributed by atoms with Crippen LogP contribution in [-0.4, -0.2) is 4.98 Å². The number of nitrogens with one attached hydrogen (secondary N) is 1. The Morgan fingerprint density at radius 1 is 0.700 bits per heavy atom. The van der Waals surface area contributed by atoms with Gasteiger partial charge in [-0.25, -0.2) is 0 Å². The summed E-state index contributed by atoms with van der Waals surface area (Å²) in [6, 6.07) is 23.2. The van der Waals surface area contributed by atoms with Crippen LogP contribution in [0.1, 0.15) is 0 Å². The molecule has 1 aromatic heterocycles. The number of rotatable bonds is 1. The molecule has 0 aliphatic heterocycles. The fourth-order valence-corrected chi connectivity index (χ4v) is 3.34. The van der Waals surface area contributed by atoms with E-state index in [4.69, 9.17) is 0 Å². The van der Waals surface area contributed by atoms with Gasteiger partial charge in [-0.05, 0) is 17.7 Å². The van der Waals surface area contributed by atoms with E-state index in [1.54, 1.807) is 0 Å². The minimum atomic E-state index is 1.11. The molecule has 0 fully saturated rings. The molecule has 0 unspecified atom stereocenters. The van der Waals surface area contributed by atoms with Gasteiger partial charge in [0, 0.05) is 26.3 Å². The first kappa shape index (κ1) is 11.7. The second-order valence-electron chi connectivity index (χ2n) is 4.88. The molecule has 0 atom stereocenters. The topological polar surface area (TPSA) is 15.8 Å². The molecule has 0 aliphatic rings. The van der Waals surface area contributed by atoms with Crippen molar-refractivity contribution in [3.05, 3.63) is 71.2 Å². The molecule has 0 saturated heterocycles. The number of halogens is 1. The minimum absolute atomic E-state index is 1.11. The number of aromatic nitrogens is 1. The lowest BCUT2D eigenvalue weighted by molar-refractivity contribution is 1.52. The van der Waals surface area contributed by atoms with Crippen molar-refractivity contribution in [2.45, 2.75) is 0 Å². The summed E-state index contributed by atoms with van der Waals surface area (Å²) in [7, 11) is 0. The van der Waals surface area contributed by atoms with Crippen molar-refractivity contribution in [1.82, 2.24) is 4.98 Å². The van der Waals surface area contributed by atoms with Gasteiger partial charge in [-0.1, -0.05) is 70.5 Å². The van der Waals surface area contributed by atoms with Gasteiger partial charge in [-0.15, -0.1) is 0 Å². The Kier molecular flexibility index (Phi) is 2.64. The fraction of sp³-hybridized carbons (Fsp3) is 0. The number of H-pyrrole nitrogens is 1. The van der Waals surface area contributed by atoms with Crippen molar-refractivity contribution >= 4 is 37.7 Å². The van der Waals surface area contributed by atoms with Crippen LogP contribution < -0.4 is 0 Å². The lowest BCUT2D eigenvalue weighted by Crippen LogP contribution is -1.82. The van der Waals surface area contributed by atoms with E-state index in [1.165, 1.54) is 32.9 Å². The third kappa shape index (κ3) is 1.69. The van der Waals surface area contributed by atoms with Crippen molar-refractivity contribution in [3.8, 4) is 11.1 Å². The summed E-state index contributed by atoms with van der Waals surface area (Å²) in [5.41, 5.74) is 4.81. The van der Waals surface area contributed by atoms with E-state index in [0.29, 0.717) is 0 Å². The minimum Gasteiger partial charge on any atom is -0.354 e. The Morgan fingerprint density at radius 3 is 2.30 bits per heavy atom. The van der Waals surface area contributed by atoms with Crippen molar-refractivity contribution in [3.63, 3.8) is 0 Å². The summed E-state index contributed by atoms with van der Waals surface area (Å²) in [5.74, 6) is 0. The van der Waals surface area contributed by atoms with Crippen LogP contribution in [-0.2, 0) is 0 Å². The second-order valence-corrected chi connectivity index (χ2v) is 5.74. The van der Waals surface area contributed by atoms with Crippen molar-refractivity contribution < 1.29 is 0 Å². The van der Waals surface area contributed by atoms with Crippen molar-refractivity contribution in [2.75, 3.05) is 0 Å². The van der Waals surface area contributed by atoms with Gasteiger partial charge in [-0.2, -0.15) is 0 Å². The lowest BCUT2D eigenvalue weighted by atomic mass is 10.0. The Morgan fingerprint density at radius 2 is 1.45 bits per heavy atom. The van der Waals surface area contributed by atoms with Crippen LogP contribution in [0.3, 0.4) is 0 Å². The maximum Gasteiger partial charge on any atom is 0.0555 e. The highest BCUT2D eigenvalue weighted by Gasteiger charge is 2.12. The number of hydrogen-bond acceptors (Lipinski definition) is 0.